The van der Waals surface area contributed by atoms with Gasteiger partial charge in [-0.05, 0) is 18.4 Å². The van der Waals surface area contributed by atoms with E-state index in [1.165, 1.54) is 6.92 Å². The second-order valence-electron chi connectivity index (χ2n) is 3.99. The molecule has 0 aliphatic carbocycles. The van der Waals surface area contributed by atoms with Crippen molar-refractivity contribution < 1.29 is 14.3 Å². The van der Waals surface area contributed by atoms with Crippen molar-refractivity contribution in [1.29, 1.82) is 0 Å². The standard InChI is InChI=1S/C13H16O3/c1-10(14)16-13(12-8-5-9-15-12)11-6-3-2-4-7-11/h2-4,6-7,12-13H,5,8-9H2,1H3/t12-,13?/m1/s1. The molecule has 0 radical (unpaired) electrons. The van der Waals surface area contributed by atoms with Gasteiger partial charge in [0.25, 0.3) is 0 Å². The van der Waals surface area contributed by atoms with E-state index >= 15 is 0 Å². The highest BCUT2D eigenvalue weighted by Gasteiger charge is 2.29. The van der Waals surface area contributed by atoms with E-state index in [0.717, 1.165) is 25.0 Å². The fraction of sp³-hybridized carbons (Fsp3) is 0.462. The Morgan fingerprint density at radius 3 is 2.75 bits per heavy atom. The van der Waals surface area contributed by atoms with Gasteiger partial charge in [0.15, 0.2) is 6.10 Å². The van der Waals surface area contributed by atoms with Crippen molar-refractivity contribution in [2.24, 2.45) is 0 Å². The topological polar surface area (TPSA) is 35.5 Å². The van der Waals surface area contributed by atoms with Gasteiger partial charge in [0.05, 0.1) is 6.10 Å². The van der Waals surface area contributed by atoms with Gasteiger partial charge in [0.2, 0.25) is 0 Å². The quantitative estimate of drug-likeness (QED) is 0.734. The average Bonchev–Trinajstić information content (AvgIpc) is 2.80. The smallest absolute Gasteiger partial charge is 0.303 e. The minimum absolute atomic E-state index is 0.00583. The predicted molar refractivity (Wildman–Crippen MR) is 59.9 cm³/mol. The van der Waals surface area contributed by atoms with Crippen LogP contribution in [-0.2, 0) is 14.3 Å². The van der Waals surface area contributed by atoms with E-state index in [1.54, 1.807) is 0 Å². The van der Waals surface area contributed by atoms with Crippen molar-refractivity contribution in [2.75, 3.05) is 6.61 Å². The summed E-state index contributed by atoms with van der Waals surface area (Å²) in [6.45, 7) is 2.19. The maximum atomic E-state index is 11.1. The Morgan fingerprint density at radius 2 is 2.19 bits per heavy atom. The average molecular weight is 220 g/mol. The third kappa shape index (κ3) is 2.61. The number of carbonyl (C=O) groups excluding carboxylic acids is 1. The fourth-order valence-corrected chi connectivity index (χ4v) is 2.02. The molecular formula is C13H16O3. The highest BCUT2D eigenvalue weighted by Crippen LogP contribution is 2.29. The summed E-state index contributed by atoms with van der Waals surface area (Å²) >= 11 is 0. The number of hydrogen-bond donors (Lipinski definition) is 0. The molecule has 86 valence electrons. The summed E-state index contributed by atoms with van der Waals surface area (Å²) in [5, 5.41) is 0. The van der Waals surface area contributed by atoms with E-state index in [1.807, 2.05) is 30.3 Å². The fourth-order valence-electron chi connectivity index (χ4n) is 2.02. The van der Waals surface area contributed by atoms with Crippen molar-refractivity contribution in [2.45, 2.75) is 32.0 Å². The van der Waals surface area contributed by atoms with E-state index in [0.29, 0.717) is 0 Å². The van der Waals surface area contributed by atoms with Crippen LogP contribution in [0.5, 0.6) is 0 Å². The second kappa shape index (κ2) is 5.12. The highest BCUT2D eigenvalue weighted by molar-refractivity contribution is 5.66. The Balaban J connectivity index is 2.16. The molecular weight excluding hydrogens is 204 g/mol. The molecule has 1 aliphatic heterocycles. The normalized spacial score (nSPS) is 21.7. The zero-order valence-electron chi connectivity index (χ0n) is 9.39. The zero-order valence-corrected chi connectivity index (χ0v) is 9.39. The zero-order chi connectivity index (χ0) is 11.4. The monoisotopic (exact) mass is 220 g/mol. The molecule has 1 heterocycles. The highest BCUT2D eigenvalue weighted by atomic mass is 16.6. The van der Waals surface area contributed by atoms with Crippen molar-refractivity contribution in [3.63, 3.8) is 0 Å². The Hall–Kier alpha value is -1.35. The van der Waals surface area contributed by atoms with E-state index in [-0.39, 0.29) is 18.2 Å². The summed E-state index contributed by atoms with van der Waals surface area (Å²) in [5.74, 6) is -0.260. The van der Waals surface area contributed by atoms with E-state index in [9.17, 15) is 4.79 Å². The summed E-state index contributed by atoms with van der Waals surface area (Å²) in [6, 6.07) is 9.77. The largest absolute Gasteiger partial charge is 0.455 e. The molecule has 1 saturated heterocycles. The lowest BCUT2D eigenvalue weighted by Gasteiger charge is -2.22. The number of esters is 1. The molecule has 1 fully saturated rings. The van der Waals surface area contributed by atoms with Crippen molar-refractivity contribution in [3.8, 4) is 0 Å². The van der Waals surface area contributed by atoms with Crippen LogP contribution in [0, 0.1) is 0 Å². The summed E-state index contributed by atoms with van der Waals surface area (Å²) in [7, 11) is 0. The maximum absolute atomic E-state index is 11.1. The van der Waals surface area contributed by atoms with Gasteiger partial charge in [0, 0.05) is 13.5 Å². The first-order valence-corrected chi connectivity index (χ1v) is 5.61. The van der Waals surface area contributed by atoms with E-state index in [2.05, 4.69) is 0 Å². The van der Waals surface area contributed by atoms with Crippen LogP contribution in [0.4, 0.5) is 0 Å². The molecule has 0 spiro atoms. The molecule has 0 N–H and O–H groups in total. The summed E-state index contributed by atoms with van der Waals surface area (Å²) in [5.41, 5.74) is 1.00. The molecule has 0 bridgehead atoms. The molecule has 1 unspecified atom stereocenters. The van der Waals surface area contributed by atoms with Gasteiger partial charge in [-0.2, -0.15) is 0 Å². The van der Waals surface area contributed by atoms with Gasteiger partial charge < -0.3 is 9.47 Å². The van der Waals surface area contributed by atoms with Crippen LogP contribution in [0.3, 0.4) is 0 Å². The number of hydrogen-bond acceptors (Lipinski definition) is 3. The summed E-state index contributed by atoms with van der Waals surface area (Å²) in [6.07, 6.45) is 1.73. The van der Waals surface area contributed by atoms with Crippen molar-refractivity contribution in [3.05, 3.63) is 35.9 Å². The summed E-state index contributed by atoms with van der Waals surface area (Å²) < 4.78 is 10.9. The molecule has 2 atom stereocenters. The van der Waals surface area contributed by atoms with Gasteiger partial charge in [-0.15, -0.1) is 0 Å². The number of carbonyl (C=O) groups is 1. The van der Waals surface area contributed by atoms with E-state index < -0.39 is 0 Å². The second-order valence-corrected chi connectivity index (χ2v) is 3.99. The van der Waals surface area contributed by atoms with Gasteiger partial charge in [-0.3, -0.25) is 4.79 Å². The van der Waals surface area contributed by atoms with E-state index in [4.69, 9.17) is 9.47 Å². The first kappa shape index (κ1) is 11.1. The third-order valence-corrected chi connectivity index (χ3v) is 2.72. The van der Waals surface area contributed by atoms with Crippen molar-refractivity contribution in [1.82, 2.24) is 0 Å². The van der Waals surface area contributed by atoms with Crippen molar-refractivity contribution >= 4 is 5.97 Å². The molecule has 1 aromatic rings. The SMILES string of the molecule is CC(=O)OC(c1ccccc1)[C@H]1CCCO1. The first-order valence-electron chi connectivity index (χ1n) is 5.61. The predicted octanol–water partition coefficient (Wildman–Crippen LogP) is 2.47. The first-order chi connectivity index (χ1) is 7.77. The Kier molecular flexibility index (Phi) is 3.57. The Morgan fingerprint density at radius 1 is 1.44 bits per heavy atom. The van der Waals surface area contributed by atoms with Crippen LogP contribution in [-0.4, -0.2) is 18.7 Å². The third-order valence-electron chi connectivity index (χ3n) is 2.72. The van der Waals surface area contributed by atoms with Crippen LogP contribution in [0.15, 0.2) is 30.3 Å². The van der Waals surface area contributed by atoms with Crippen LogP contribution in [0.25, 0.3) is 0 Å². The van der Waals surface area contributed by atoms with Crippen LogP contribution >= 0.6 is 0 Å². The number of ether oxygens (including phenoxy) is 2. The van der Waals surface area contributed by atoms with Gasteiger partial charge >= 0.3 is 5.97 Å². The molecule has 3 nitrogen and oxygen atoms in total. The lowest BCUT2D eigenvalue weighted by Crippen LogP contribution is -2.22. The van der Waals surface area contributed by atoms with Crippen LogP contribution < -0.4 is 0 Å². The molecule has 1 aromatic carbocycles. The number of rotatable bonds is 3. The molecule has 2 rings (SSSR count). The molecule has 0 amide bonds. The van der Waals surface area contributed by atoms with Gasteiger partial charge in [-0.25, -0.2) is 0 Å². The lowest BCUT2D eigenvalue weighted by atomic mass is 10.0. The molecule has 1 aliphatic rings. The maximum Gasteiger partial charge on any atom is 0.303 e. The number of benzene rings is 1. The van der Waals surface area contributed by atoms with Crippen LogP contribution in [0.1, 0.15) is 31.4 Å². The Bertz CT molecular complexity index is 341. The van der Waals surface area contributed by atoms with Gasteiger partial charge in [-0.1, -0.05) is 30.3 Å². The summed E-state index contributed by atoms with van der Waals surface area (Å²) in [4.78, 5) is 11.1. The molecule has 0 saturated carbocycles. The Labute approximate surface area is 95.4 Å². The lowest BCUT2D eigenvalue weighted by molar-refractivity contribution is -0.153. The molecule has 0 aromatic heterocycles. The minimum Gasteiger partial charge on any atom is -0.455 e. The van der Waals surface area contributed by atoms with Crippen LogP contribution in [0.2, 0.25) is 0 Å². The molecule has 16 heavy (non-hydrogen) atoms. The minimum atomic E-state index is -0.263. The van der Waals surface area contributed by atoms with Gasteiger partial charge in [0.1, 0.15) is 0 Å². The molecule has 3 heteroatoms.